The molecule has 0 unspecified atom stereocenters. The summed E-state index contributed by atoms with van der Waals surface area (Å²) in [5, 5.41) is 0.705. The molecule has 0 aliphatic rings. The Labute approximate surface area is 153 Å². The van der Waals surface area contributed by atoms with Gasteiger partial charge in [-0.1, -0.05) is 23.7 Å². The van der Waals surface area contributed by atoms with Crippen LogP contribution in [-0.2, 0) is 16.1 Å². The average Bonchev–Trinajstić information content (AvgIpc) is 2.60. The van der Waals surface area contributed by atoms with E-state index in [4.69, 9.17) is 25.8 Å². The third-order valence-electron chi connectivity index (χ3n) is 3.57. The van der Waals surface area contributed by atoms with Crippen LogP contribution < -0.4 is 9.47 Å². The van der Waals surface area contributed by atoms with Crippen molar-refractivity contribution in [1.29, 1.82) is 0 Å². The largest absolute Gasteiger partial charge is 0.492 e. The molecule has 4 nitrogen and oxygen atoms in total. The van der Waals surface area contributed by atoms with Crippen molar-refractivity contribution in [3.05, 3.63) is 59.1 Å². The van der Waals surface area contributed by atoms with E-state index in [1.165, 1.54) is 0 Å². The number of halogens is 1. The van der Waals surface area contributed by atoms with E-state index in [9.17, 15) is 4.79 Å². The number of esters is 1. The smallest absolute Gasteiger partial charge is 0.314 e. The third-order valence-corrected chi connectivity index (χ3v) is 3.82. The second-order valence-corrected chi connectivity index (χ2v) is 6.72. The second-order valence-electron chi connectivity index (χ2n) is 6.28. The van der Waals surface area contributed by atoms with Crippen LogP contribution in [0.2, 0.25) is 5.02 Å². The maximum Gasteiger partial charge on any atom is 0.314 e. The van der Waals surface area contributed by atoms with Crippen molar-refractivity contribution in [2.45, 2.75) is 27.4 Å². The van der Waals surface area contributed by atoms with E-state index in [-0.39, 0.29) is 12.6 Å². The highest BCUT2D eigenvalue weighted by molar-refractivity contribution is 6.30. The third kappa shape index (κ3) is 5.98. The second kappa shape index (κ2) is 8.77. The minimum absolute atomic E-state index is 0.247. The molecule has 2 aromatic carbocycles. The number of benzene rings is 2. The molecule has 0 heterocycles. The first kappa shape index (κ1) is 19.1. The molecule has 0 spiro atoms. The molecule has 2 aromatic rings. The highest BCUT2D eigenvalue weighted by Crippen LogP contribution is 2.23. The predicted octanol–water partition coefficient (Wildman–Crippen LogP) is 4.89. The van der Waals surface area contributed by atoms with E-state index >= 15 is 0 Å². The molecular formula is C20H23ClO4. The van der Waals surface area contributed by atoms with E-state index in [0.717, 1.165) is 11.3 Å². The summed E-state index contributed by atoms with van der Waals surface area (Å²) in [6.07, 6.45) is 0. The first-order valence-electron chi connectivity index (χ1n) is 8.18. The van der Waals surface area contributed by atoms with Crippen LogP contribution >= 0.6 is 11.6 Å². The van der Waals surface area contributed by atoms with E-state index in [2.05, 4.69) is 0 Å². The van der Waals surface area contributed by atoms with Crippen molar-refractivity contribution in [3.63, 3.8) is 0 Å². The number of hydrogen-bond acceptors (Lipinski definition) is 4. The highest BCUT2D eigenvalue weighted by atomic mass is 35.5. The van der Waals surface area contributed by atoms with Gasteiger partial charge in [-0.2, -0.15) is 0 Å². The molecule has 0 aliphatic carbocycles. The van der Waals surface area contributed by atoms with Gasteiger partial charge >= 0.3 is 5.97 Å². The number of rotatable bonds is 8. The van der Waals surface area contributed by atoms with E-state index in [1.807, 2.05) is 48.5 Å². The number of hydrogen-bond donors (Lipinski definition) is 0. The van der Waals surface area contributed by atoms with Gasteiger partial charge in [-0.3, -0.25) is 4.79 Å². The maximum absolute atomic E-state index is 11.9. The zero-order valence-electron chi connectivity index (χ0n) is 14.8. The lowest BCUT2D eigenvalue weighted by molar-refractivity contribution is -0.155. The molecule has 2 rings (SSSR count). The first-order chi connectivity index (χ1) is 11.9. The lowest BCUT2D eigenvalue weighted by atomic mass is 9.95. The van der Waals surface area contributed by atoms with Gasteiger partial charge in [0.05, 0.1) is 12.0 Å². The Morgan fingerprint density at radius 1 is 0.960 bits per heavy atom. The Kier molecular flexibility index (Phi) is 6.71. The Bertz CT molecular complexity index is 678. The fourth-order valence-electron chi connectivity index (χ4n) is 2.03. The summed E-state index contributed by atoms with van der Waals surface area (Å²) in [7, 11) is 0. The molecule has 0 N–H and O–H groups in total. The zero-order chi connectivity index (χ0) is 18.3. The molecule has 134 valence electrons. The van der Waals surface area contributed by atoms with Gasteiger partial charge in [0.2, 0.25) is 0 Å². The SMILES string of the molecule is CCOC(=O)C(C)(C)COc1ccc(OCc2ccc(Cl)cc2)cc1. The lowest BCUT2D eigenvalue weighted by Crippen LogP contribution is -2.32. The molecule has 0 fully saturated rings. The summed E-state index contributed by atoms with van der Waals surface area (Å²) in [4.78, 5) is 11.9. The molecule has 25 heavy (non-hydrogen) atoms. The van der Waals surface area contributed by atoms with Gasteiger partial charge in [-0.05, 0) is 62.7 Å². The molecule has 0 radical (unpaired) electrons. The highest BCUT2D eigenvalue weighted by Gasteiger charge is 2.30. The topological polar surface area (TPSA) is 44.8 Å². The fourth-order valence-corrected chi connectivity index (χ4v) is 2.15. The van der Waals surface area contributed by atoms with E-state index < -0.39 is 5.41 Å². The van der Waals surface area contributed by atoms with Crippen molar-refractivity contribution in [3.8, 4) is 11.5 Å². The Hall–Kier alpha value is -2.20. The van der Waals surface area contributed by atoms with Crippen molar-refractivity contribution >= 4 is 17.6 Å². The molecule has 0 atom stereocenters. The fraction of sp³-hybridized carbons (Fsp3) is 0.350. The van der Waals surface area contributed by atoms with Crippen molar-refractivity contribution in [1.82, 2.24) is 0 Å². The summed E-state index contributed by atoms with van der Waals surface area (Å²) >= 11 is 5.86. The summed E-state index contributed by atoms with van der Waals surface area (Å²) in [5.41, 5.74) is 0.348. The summed E-state index contributed by atoms with van der Waals surface area (Å²) in [5.74, 6) is 1.15. The van der Waals surface area contributed by atoms with Crippen LogP contribution in [0.4, 0.5) is 0 Å². The molecule has 0 saturated heterocycles. The average molecular weight is 363 g/mol. The van der Waals surface area contributed by atoms with Crippen LogP contribution in [0, 0.1) is 5.41 Å². The normalized spacial score (nSPS) is 11.0. The minimum Gasteiger partial charge on any atom is -0.492 e. The maximum atomic E-state index is 11.9. The van der Waals surface area contributed by atoms with Gasteiger partial charge in [0.25, 0.3) is 0 Å². The molecule has 0 saturated carbocycles. The monoisotopic (exact) mass is 362 g/mol. The number of carbonyl (C=O) groups is 1. The van der Waals surface area contributed by atoms with Crippen LogP contribution in [0.1, 0.15) is 26.3 Å². The molecule has 0 bridgehead atoms. The zero-order valence-corrected chi connectivity index (χ0v) is 15.5. The van der Waals surface area contributed by atoms with Crippen molar-refractivity contribution < 1.29 is 19.0 Å². The summed E-state index contributed by atoms with van der Waals surface area (Å²) in [6.45, 7) is 6.47. The van der Waals surface area contributed by atoms with E-state index in [0.29, 0.717) is 24.0 Å². The Morgan fingerprint density at radius 3 is 2.08 bits per heavy atom. The Morgan fingerprint density at radius 2 is 1.52 bits per heavy atom. The van der Waals surface area contributed by atoms with Gasteiger partial charge in [0.15, 0.2) is 0 Å². The molecule has 5 heteroatoms. The van der Waals surface area contributed by atoms with Crippen molar-refractivity contribution in [2.24, 2.45) is 5.41 Å². The summed E-state index contributed by atoms with van der Waals surface area (Å²) < 4.78 is 16.5. The molecular weight excluding hydrogens is 340 g/mol. The molecule has 0 amide bonds. The van der Waals surface area contributed by atoms with Gasteiger partial charge in [0.1, 0.15) is 24.7 Å². The van der Waals surface area contributed by atoms with Crippen LogP contribution in [0.5, 0.6) is 11.5 Å². The number of carbonyl (C=O) groups excluding carboxylic acids is 1. The van der Waals surface area contributed by atoms with Crippen LogP contribution in [0.25, 0.3) is 0 Å². The lowest BCUT2D eigenvalue weighted by Gasteiger charge is -2.22. The minimum atomic E-state index is -0.695. The summed E-state index contributed by atoms with van der Waals surface area (Å²) in [6, 6.07) is 14.8. The van der Waals surface area contributed by atoms with Crippen molar-refractivity contribution in [2.75, 3.05) is 13.2 Å². The predicted molar refractivity (Wildman–Crippen MR) is 98.1 cm³/mol. The van der Waals surface area contributed by atoms with E-state index in [1.54, 1.807) is 20.8 Å². The van der Waals surface area contributed by atoms with Gasteiger partial charge < -0.3 is 14.2 Å². The standard InChI is InChI=1S/C20H23ClO4/c1-4-23-19(22)20(2,3)14-25-18-11-9-17(10-12-18)24-13-15-5-7-16(21)8-6-15/h5-12H,4,13-14H2,1-3H3. The van der Waals surface area contributed by atoms with Crippen LogP contribution in [0.3, 0.4) is 0 Å². The quantitative estimate of drug-likeness (QED) is 0.627. The van der Waals surface area contributed by atoms with Gasteiger partial charge in [-0.25, -0.2) is 0 Å². The van der Waals surface area contributed by atoms with Gasteiger partial charge in [-0.15, -0.1) is 0 Å². The molecule has 0 aromatic heterocycles. The van der Waals surface area contributed by atoms with Crippen LogP contribution in [-0.4, -0.2) is 19.2 Å². The number of ether oxygens (including phenoxy) is 3. The first-order valence-corrected chi connectivity index (χ1v) is 8.56. The van der Waals surface area contributed by atoms with Gasteiger partial charge in [0, 0.05) is 5.02 Å². The Balaban J connectivity index is 1.85. The van der Waals surface area contributed by atoms with Crippen LogP contribution in [0.15, 0.2) is 48.5 Å². The molecule has 0 aliphatic heterocycles.